The van der Waals surface area contributed by atoms with Crippen LogP contribution in [0.1, 0.15) is 37.7 Å². The Hall–Kier alpha value is -2.34. The zero-order chi connectivity index (χ0) is 17.8. The minimum atomic E-state index is -0.533. The highest BCUT2D eigenvalue weighted by Crippen LogP contribution is 2.39. The zero-order valence-corrected chi connectivity index (χ0v) is 14.8. The number of hydrogen-bond donors (Lipinski definition) is 2. The van der Waals surface area contributed by atoms with E-state index in [0.717, 1.165) is 25.2 Å². The molecule has 2 aliphatic heterocycles. The van der Waals surface area contributed by atoms with Crippen LogP contribution in [-0.2, 0) is 4.79 Å². The predicted molar refractivity (Wildman–Crippen MR) is 101 cm³/mol. The SMILES string of the molecule is CC(=N/C=C(/N)N1CC(CCN2CCCC2)c2ccccc21)C(N)=O. The number of nitrogens with zero attached hydrogens (tertiary/aromatic N) is 3. The van der Waals surface area contributed by atoms with Gasteiger partial charge in [0.15, 0.2) is 0 Å². The molecule has 1 atom stereocenters. The van der Waals surface area contributed by atoms with Gasteiger partial charge < -0.3 is 21.3 Å². The van der Waals surface area contributed by atoms with Gasteiger partial charge in [-0.1, -0.05) is 18.2 Å². The molecule has 1 saturated heterocycles. The maximum atomic E-state index is 11.1. The molecule has 2 heterocycles. The fourth-order valence-corrected chi connectivity index (χ4v) is 3.63. The Morgan fingerprint density at radius 2 is 2.00 bits per heavy atom. The summed E-state index contributed by atoms with van der Waals surface area (Å²) in [6.45, 7) is 6.02. The van der Waals surface area contributed by atoms with Crippen LogP contribution in [0.3, 0.4) is 0 Å². The Labute approximate surface area is 149 Å². The van der Waals surface area contributed by atoms with Crippen molar-refractivity contribution in [2.45, 2.75) is 32.1 Å². The molecule has 0 spiro atoms. The normalized spacial score (nSPS) is 21.6. The van der Waals surface area contributed by atoms with Crippen LogP contribution in [0.2, 0.25) is 0 Å². The molecule has 1 amide bonds. The first-order chi connectivity index (χ1) is 12.1. The van der Waals surface area contributed by atoms with Crippen molar-refractivity contribution in [1.82, 2.24) is 4.90 Å². The van der Waals surface area contributed by atoms with Gasteiger partial charge in [0.2, 0.25) is 0 Å². The van der Waals surface area contributed by atoms with Gasteiger partial charge in [-0.15, -0.1) is 0 Å². The summed E-state index contributed by atoms with van der Waals surface area (Å²) >= 11 is 0. The molecule has 134 valence electrons. The number of benzene rings is 1. The quantitative estimate of drug-likeness (QED) is 0.772. The Bertz CT molecular complexity index is 691. The van der Waals surface area contributed by atoms with Crippen molar-refractivity contribution in [1.29, 1.82) is 0 Å². The van der Waals surface area contributed by atoms with E-state index in [1.54, 1.807) is 6.92 Å². The van der Waals surface area contributed by atoms with Gasteiger partial charge in [0, 0.05) is 18.2 Å². The van der Waals surface area contributed by atoms with Crippen molar-refractivity contribution in [2.75, 3.05) is 31.1 Å². The van der Waals surface area contributed by atoms with E-state index in [4.69, 9.17) is 11.5 Å². The number of likely N-dealkylation sites (tertiary alicyclic amines) is 1. The first-order valence-corrected chi connectivity index (χ1v) is 8.95. The van der Waals surface area contributed by atoms with Crippen molar-refractivity contribution in [2.24, 2.45) is 16.5 Å². The second-order valence-corrected chi connectivity index (χ2v) is 6.84. The lowest BCUT2D eigenvalue weighted by atomic mass is 9.98. The lowest BCUT2D eigenvalue weighted by Gasteiger charge is -2.20. The molecule has 1 fully saturated rings. The van der Waals surface area contributed by atoms with Gasteiger partial charge in [-0.3, -0.25) is 9.79 Å². The topological polar surface area (TPSA) is 87.9 Å². The van der Waals surface area contributed by atoms with Crippen LogP contribution in [0.4, 0.5) is 5.69 Å². The van der Waals surface area contributed by atoms with E-state index in [9.17, 15) is 4.79 Å². The number of para-hydroxylation sites is 1. The molecule has 0 aromatic heterocycles. The van der Waals surface area contributed by atoms with Gasteiger partial charge in [0.1, 0.15) is 11.5 Å². The number of nitrogens with two attached hydrogens (primary N) is 2. The number of primary amides is 1. The van der Waals surface area contributed by atoms with Crippen molar-refractivity contribution < 1.29 is 4.79 Å². The third kappa shape index (κ3) is 4.02. The van der Waals surface area contributed by atoms with Crippen molar-refractivity contribution in [3.63, 3.8) is 0 Å². The smallest absolute Gasteiger partial charge is 0.262 e. The fourth-order valence-electron chi connectivity index (χ4n) is 3.63. The van der Waals surface area contributed by atoms with Gasteiger partial charge in [-0.25, -0.2) is 0 Å². The molecular weight excluding hydrogens is 314 g/mol. The number of hydrogen-bond acceptors (Lipinski definition) is 5. The molecule has 6 nitrogen and oxygen atoms in total. The monoisotopic (exact) mass is 341 g/mol. The molecule has 6 heteroatoms. The van der Waals surface area contributed by atoms with E-state index < -0.39 is 5.91 Å². The summed E-state index contributed by atoms with van der Waals surface area (Å²) < 4.78 is 0. The lowest BCUT2D eigenvalue weighted by molar-refractivity contribution is -0.112. The summed E-state index contributed by atoms with van der Waals surface area (Å²) in [4.78, 5) is 19.8. The maximum absolute atomic E-state index is 11.1. The Balaban J connectivity index is 1.74. The van der Waals surface area contributed by atoms with Gasteiger partial charge in [-0.05, 0) is 57.5 Å². The second-order valence-electron chi connectivity index (χ2n) is 6.84. The lowest BCUT2D eigenvalue weighted by Crippen LogP contribution is -2.28. The van der Waals surface area contributed by atoms with E-state index in [1.807, 2.05) is 6.07 Å². The predicted octanol–water partition coefficient (Wildman–Crippen LogP) is 1.78. The largest absolute Gasteiger partial charge is 0.384 e. The van der Waals surface area contributed by atoms with Crippen LogP contribution in [-0.4, -0.2) is 42.7 Å². The van der Waals surface area contributed by atoms with Crippen LogP contribution in [0.15, 0.2) is 41.3 Å². The fraction of sp³-hybridized carbons (Fsp3) is 0.474. The Morgan fingerprint density at radius 3 is 2.72 bits per heavy atom. The summed E-state index contributed by atoms with van der Waals surface area (Å²) in [5, 5.41) is 0. The molecule has 1 aromatic carbocycles. The number of anilines is 1. The Kier molecular flexibility index (Phi) is 5.38. The molecule has 3 rings (SSSR count). The van der Waals surface area contributed by atoms with Gasteiger partial charge >= 0.3 is 0 Å². The van der Waals surface area contributed by atoms with Crippen molar-refractivity contribution in [3.05, 3.63) is 41.8 Å². The Morgan fingerprint density at radius 1 is 1.28 bits per heavy atom. The molecule has 25 heavy (non-hydrogen) atoms. The van der Waals surface area contributed by atoms with Crippen LogP contribution in [0, 0.1) is 0 Å². The summed E-state index contributed by atoms with van der Waals surface area (Å²) in [5.74, 6) is 0.469. The van der Waals surface area contributed by atoms with Gasteiger partial charge in [0.05, 0.1) is 6.20 Å². The number of rotatable bonds is 6. The summed E-state index contributed by atoms with van der Waals surface area (Å²) in [6, 6.07) is 8.39. The van der Waals surface area contributed by atoms with Crippen LogP contribution in [0.25, 0.3) is 0 Å². The molecule has 1 aromatic rings. The number of aliphatic imine (C=N–C) groups is 1. The average Bonchev–Trinajstić information content (AvgIpc) is 3.25. The highest BCUT2D eigenvalue weighted by molar-refractivity contribution is 6.37. The van der Waals surface area contributed by atoms with Gasteiger partial charge in [0.25, 0.3) is 5.91 Å². The van der Waals surface area contributed by atoms with Crippen molar-refractivity contribution >= 4 is 17.3 Å². The molecule has 0 radical (unpaired) electrons. The molecule has 4 N–H and O–H groups in total. The van der Waals surface area contributed by atoms with Crippen molar-refractivity contribution in [3.8, 4) is 0 Å². The summed E-state index contributed by atoms with van der Waals surface area (Å²) in [7, 11) is 0. The molecule has 0 bridgehead atoms. The van der Waals surface area contributed by atoms with Crippen LogP contribution >= 0.6 is 0 Å². The van der Waals surface area contributed by atoms with Crippen LogP contribution < -0.4 is 16.4 Å². The number of fused-ring (bicyclic) bond motifs is 1. The highest BCUT2D eigenvalue weighted by Gasteiger charge is 2.29. The van der Waals surface area contributed by atoms with E-state index in [0.29, 0.717) is 11.7 Å². The standard InChI is InChI=1S/C19H27N5O/c1-14(19(21)25)22-12-18(20)24-13-15(8-11-23-9-4-5-10-23)16-6-2-3-7-17(16)24/h2-3,6-7,12,15H,4-5,8-11,13,20H2,1H3,(H2,21,25)/b18-12-,22-14?. The number of amides is 1. The molecular formula is C19H27N5O. The first kappa shape index (κ1) is 17.5. The molecule has 0 saturated carbocycles. The molecule has 0 aliphatic carbocycles. The minimum Gasteiger partial charge on any atom is -0.384 e. The molecule has 2 aliphatic rings. The highest BCUT2D eigenvalue weighted by atomic mass is 16.1. The third-order valence-electron chi connectivity index (χ3n) is 5.12. The van der Waals surface area contributed by atoms with E-state index >= 15 is 0 Å². The second kappa shape index (κ2) is 7.70. The van der Waals surface area contributed by atoms with Crippen LogP contribution in [0.5, 0.6) is 0 Å². The van der Waals surface area contributed by atoms with E-state index in [2.05, 4.69) is 33.0 Å². The average molecular weight is 341 g/mol. The zero-order valence-electron chi connectivity index (χ0n) is 14.8. The molecule has 1 unspecified atom stereocenters. The number of carbonyl (C=O) groups excluding carboxylic acids is 1. The van der Waals surface area contributed by atoms with E-state index in [-0.39, 0.29) is 5.71 Å². The minimum absolute atomic E-state index is 0.251. The van der Waals surface area contributed by atoms with Gasteiger partial charge in [-0.2, -0.15) is 0 Å². The maximum Gasteiger partial charge on any atom is 0.262 e. The number of carbonyl (C=O) groups is 1. The summed E-state index contributed by atoms with van der Waals surface area (Å²) in [5.41, 5.74) is 14.2. The third-order valence-corrected chi connectivity index (χ3v) is 5.12. The first-order valence-electron chi connectivity index (χ1n) is 8.95. The summed E-state index contributed by atoms with van der Waals surface area (Å²) in [6.07, 6.45) is 5.30. The van der Waals surface area contributed by atoms with E-state index in [1.165, 1.54) is 37.7 Å².